The van der Waals surface area contributed by atoms with Crippen molar-refractivity contribution in [2.24, 2.45) is 0 Å². The normalized spacial score (nSPS) is 10.1. The van der Waals surface area contributed by atoms with Crippen molar-refractivity contribution >= 4 is 11.5 Å². The van der Waals surface area contributed by atoms with Crippen LogP contribution >= 0.6 is 0 Å². The Morgan fingerprint density at radius 3 is 2.75 bits per heavy atom. The Kier molecular flexibility index (Phi) is 4.17. The van der Waals surface area contributed by atoms with Crippen molar-refractivity contribution in [3.8, 4) is 11.5 Å². The standard InChI is InChI=1S/C12H17NO3/c1-3-4-5-16-9-6-10(8(2)14)12(15)11(13)7-9/h6-7,15H,3-5,13H2,1-2H3. The molecular formula is C12H17NO3. The number of ether oxygens (including phenoxy) is 1. The molecule has 0 amide bonds. The molecule has 0 spiro atoms. The number of ketones is 1. The van der Waals surface area contributed by atoms with Crippen LogP contribution in [-0.4, -0.2) is 17.5 Å². The fourth-order valence-electron chi connectivity index (χ4n) is 1.32. The topological polar surface area (TPSA) is 72.6 Å². The Morgan fingerprint density at radius 2 is 2.19 bits per heavy atom. The van der Waals surface area contributed by atoms with Gasteiger partial charge in [0.25, 0.3) is 0 Å². The summed E-state index contributed by atoms with van der Waals surface area (Å²) in [6, 6.07) is 3.04. The van der Waals surface area contributed by atoms with Gasteiger partial charge in [0.15, 0.2) is 5.78 Å². The second kappa shape index (κ2) is 5.39. The average molecular weight is 223 g/mol. The number of phenols is 1. The molecule has 0 aliphatic heterocycles. The average Bonchev–Trinajstić information content (AvgIpc) is 2.23. The van der Waals surface area contributed by atoms with Gasteiger partial charge >= 0.3 is 0 Å². The Balaban J connectivity index is 2.91. The van der Waals surface area contributed by atoms with Crippen LogP contribution in [0.1, 0.15) is 37.0 Å². The molecule has 0 heterocycles. The molecule has 0 saturated carbocycles. The molecule has 0 atom stereocenters. The van der Waals surface area contributed by atoms with Crippen LogP contribution in [0.5, 0.6) is 11.5 Å². The van der Waals surface area contributed by atoms with E-state index in [1.54, 1.807) is 0 Å². The highest BCUT2D eigenvalue weighted by Gasteiger charge is 2.12. The maximum atomic E-state index is 11.2. The van der Waals surface area contributed by atoms with Gasteiger partial charge in [0.2, 0.25) is 0 Å². The van der Waals surface area contributed by atoms with E-state index in [0.29, 0.717) is 12.4 Å². The summed E-state index contributed by atoms with van der Waals surface area (Å²) in [6.07, 6.45) is 1.98. The monoisotopic (exact) mass is 223 g/mol. The van der Waals surface area contributed by atoms with Gasteiger partial charge in [-0.1, -0.05) is 13.3 Å². The third-order valence-corrected chi connectivity index (χ3v) is 2.26. The van der Waals surface area contributed by atoms with Gasteiger partial charge in [-0.2, -0.15) is 0 Å². The predicted molar refractivity (Wildman–Crippen MR) is 62.9 cm³/mol. The molecule has 88 valence electrons. The molecule has 16 heavy (non-hydrogen) atoms. The zero-order valence-corrected chi connectivity index (χ0v) is 9.62. The number of nitrogen functional groups attached to an aromatic ring is 1. The van der Waals surface area contributed by atoms with Crippen LogP contribution < -0.4 is 10.5 Å². The molecule has 1 aromatic rings. The fourth-order valence-corrected chi connectivity index (χ4v) is 1.32. The lowest BCUT2D eigenvalue weighted by molar-refractivity contribution is 0.101. The van der Waals surface area contributed by atoms with Gasteiger partial charge in [-0.3, -0.25) is 4.79 Å². The van der Waals surface area contributed by atoms with E-state index in [9.17, 15) is 9.90 Å². The number of unbranched alkanes of at least 4 members (excludes halogenated alkanes) is 1. The molecule has 0 unspecified atom stereocenters. The number of hydrogen-bond acceptors (Lipinski definition) is 4. The minimum absolute atomic E-state index is 0.166. The molecule has 0 aliphatic rings. The third-order valence-electron chi connectivity index (χ3n) is 2.26. The van der Waals surface area contributed by atoms with E-state index in [2.05, 4.69) is 6.92 Å². The van der Waals surface area contributed by atoms with Crippen LogP contribution in [0.4, 0.5) is 5.69 Å². The molecule has 1 aromatic carbocycles. The van der Waals surface area contributed by atoms with Crippen molar-refractivity contribution < 1.29 is 14.6 Å². The summed E-state index contributed by atoms with van der Waals surface area (Å²) in [4.78, 5) is 11.2. The minimum Gasteiger partial charge on any atom is -0.505 e. The summed E-state index contributed by atoms with van der Waals surface area (Å²) in [5.74, 6) is 0.120. The van der Waals surface area contributed by atoms with Crippen LogP contribution in [0.15, 0.2) is 12.1 Å². The molecule has 0 aromatic heterocycles. The van der Waals surface area contributed by atoms with Gasteiger partial charge in [0.1, 0.15) is 11.5 Å². The van der Waals surface area contributed by atoms with E-state index in [1.807, 2.05) is 0 Å². The predicted octanol–water partition coefficient (Wildman–Crippen LogP) is 2.36. The quantitative estimate of drug-likeness (QED) is 0.348. The first-order valence-electron chi connectivity index (χ1n) is 5.32. The second-order valence-electron chi connectivity index (χ2n) is 3.67. The Hall–Kier alpha value is -1.71. The Bertz CT molecular complexity index is 388. The smallest absolute Gasteiger partial charge is 0.163 e. The van der Waals surface area contributed by atoms with Crippen molar-refractivity contribution in [2.75, 3.05) is 12.3 Å². The first-order chi connectivity index (χ1) is 7.56. The summed E-state index contributed by atoms with van der Waals surface area (Å²) in [5.41, 5.74) is 5.95. The number of phenolic OH excluding ortho intramolecular Hbond substituents is 1. The van der Waals surface area contributed by atoms with E-state index in [0.717, 1.165) is 12.8 Å². The number of aromatic hydroxyl groups is 1. The highest BCUT2D eigenvalue weighted by Crippen LogP contribution is 2.30. The van der Waals surface area contributed by atoms with Crippen molar-refractivity contribution in [2.45, 2.75) is 26.7 Å². The van der Waals surface area contributed by atoms with Gasteiger partial charge in [0.05, 0.1) is 17.9 Å². The van der Waals surface area contributed by atoms with E-state index < -0.39 is 0 Å². The number of carbonyl (C=O) groups is 1. The molecule has 0 fully saturated rings. The molecule has 0 bridgehead atoms. The molecule has 1 rings (SSSR count). The Labute approximate surface area is 95.0 Å². The van der Waals surface area contributed by atoms with E-state index >= 15 is 0 Å². The molecule has 0 radical (unpaired) electrons. The highest BCUT2D eigenvalue weighted by atomic mass is 16.5. The number of carbonyl (C=O) groups excluding carboxylic acids is 1. The summed E-state index contributed by atoms with van der Waals surface area (Å²) in [5, 5.41) is 9.56. The maximum Gasteiger partial charge on any atom is 0.163 e. The number of rotatable bonds is 5. The SMILES string of the molecule is CCCCOc1cc(N)c(O)c(C(C)=O)c1. The zero-order valence-electron chi connectivity index (χ0n) is 9.62. The lowest BCUT2D eigenvalue weighted by Crippen LogP contribution is -2.01. The molecule has 4 nitrogen and oxygen atoms in total. The molecule has 4 heteroatoms. The molecule has 3 N–H and O–H groups in total. The summed E-state index contributed by atoms with van der Waals surface area (Å²) < 4.78 is 5.43. The van der Waals surface area contributed by atoms with Crippen LogP contribution in [0, 0.1) is 0 Å². The molecular weight excluding hydrogens is 206 g/mol. The van der Waals surface area contributed by atoms with E-state index in [4.69, 9.17) is 10.5 Å². The van der Waals surface area contributed by atoms with Gasteiger partial charge in [-0.05, 0) is 19.4 Å². The second-order valence-corrected chi connectivity index (χ2v) is 3.67. The third kappa shape index (κ3) is 2.89. The Morgan fingerprint density at radius 1 is 1.50 bits per heavy atom. The number of nitrogens with two attached hydrogens (primary N) is 1. The van der Waals surface area contributed by atoms with Crippen LogP contribution in [0.2, 0.25) is 0 Å². The number of Topliss-reactive ketones (excluding diaryl/α,β-unsaturated/α-hetero) is 1. The maximum absolute atomic E-state index is 11.2. The van der Waals surface area contributed by atoms with Crippen molar-refractivity contribution in [1.82, 2.24) is 0 Å². The summed E-state index contributed by atoms with van der Waals surface area (Å²) >= 11 is 0. The zero-order chi connectivity index (χ0) is 12.1. The lowest BCUT2D eigenvalue weighted by Gasteiger charge is -2.10. The van der Waals surface area contributed by atoms with E-state index in [1.165, 1.54) is 19.1 Å². The summed E-state index contributed by atoms with van der Waals surface area (Å²) in [6.45, 7) is 4.03. The van der Waals surface area contributed by atoms with Gasteiger partial charge in [0, 0.05) is 6.07 Å². The van der Waals surface area contributed by atoms with Crippen LogP contribution in [-0.2, 0) is 0 Å². The number of benzene rings is 1. The molecule has 0 aliphatic carbocycles. The van der Waals surface area contributed by atoms with Crippen molar-refractivity contribution in [3.63, 3.8) is 0 Å². The lowest BCUT2D eigenvalue weighted by atomic mass is 10.1. The van der Waals surface area contributed by atoms with Crippen molar-refractivity contribution in [3.05, 3.63) is 17.7 Å². The summed E-state index contributed by atoms with van der Waals surface area (Å²) in [7, 11) is 0. The largest absolute Gasteiger partial charge is 0.505 e. The first kappa shape index (κ1) is 12.4. The van der Waals surface area contributed by atoms with Gasteiger partial charge < -0.3 is 15.6 Å². The highest BCUT2D eigenvalue weighted by molar-refractivity contribution is 5.98. The van der Waals surface area contributed by atoms with Crippen LogP contribution in [0.25, 0.3) is 0 Å². The van der Waals surface area contributed by atoms with Gasteiger partial charge in [-0.15, -0.1) is 0 Å². The molecule has 0 saturated heterocycles. The number of anilines is 1. The van der Waals surface area contributed by atoms with Gasteiger partial charge in [-0.25, -0.2) is 0 Å². The first-order valence-corrected chi connectivity index (χ1v) is 5.32. The van der Waals surface area contributed by atoms with E-state index in [-0.39, 0.29) is 22.8 Å². The fraction of sp³-hybridized carbons (Fsp3) is 0.417. The number of hydrogen-bond donors (Lipinski definition) is 2. The van der Waals surface area contributed by atoms with Crippen LogP contribution in [0.3, 0.4) is 0 Å². The van der Waals surface area contributed by atoms with Crippen molar-refractivity contribution in [1.29, 1.82) is 0 Å². The minimum atomic E-state index is -0.231.